The van der Waals surface area contributed by atoms with Gasteiger partial charge in [0.15, 0.2) is 5.78 Å². The zero-order valence-electron chi connectivity index (χ0n) is 12.0. The first-order chi connectivity index (χ1) is 9.74. The van der Waals surface area contributed by atoms with Gasteiger partial charge >= 0.3 is 0 Å². The van der Waals surface area contributed by atoms with Crippen molar-refractivity contribution in [1.29, 1.82) is 0 Å². The summed E-state index contributed by atoms with van der Waals surface area (Å²) in [5.74, 6) is 0.855. The van der Waals surface area contributed by atoms with Gasteiger partial charge < -0.3 is 9.84 Å². The van der Waals surface area contributed by atoms with Crippen LogP contribution in [0, 0.1) is 0 Å². The fourth-order valence-corrected chi connectivity index (χ4v) is 2.83. The van der Waals surface area contributed by atoms with Gasteiger partial charge in [0.1, 0.15) is 5.75 Å². The maximum Gasteiger partial charge on any atom is 0.176 e. The van der Waals surface area contributed by atoms with E-state index >= 15 is 0 Å². The zero-order valence-corrected chi connectivity index (χ0v) is 12.0. The third-order valence-electron chi connectivity index (χ3n) is 3.93. The van der Waals surface area contributed by atoms with E-state index in [1.165, 1.54) is 0 Å². The Labute approximate surface area is 120 Å². The van der Waals surface area contributed by atoms with E-state index in [1.54, 1.807) is 13.2 Å². The number of aliphatic hydroxyl groups is 1. The number of benzene rings is 1. The van der Waals surface area contributed by atoms with E-state index in [0.29, 0.717) is 23.9 Å². The van der Waals surface area contributed by atoms with Crippen LogP contribution in [0.2, 0.25) is 0 Å². The molecule has 110 valence electrons. The molecule has 0 aromatic heterocycles. The third kappa shape index (κ3) is 3.81. The van der Waals surface area contributed by atoms with Gasteiger partial charge in [-0.15, -0.1) is 0 Å². The summed E-state index contributed by atoms with van der Waals surface area (Å²) in [6, 6.07) is 7.76. The van der Waals surface area contributed by atoms with E-state index in [0.717, 1.165) is 32.2 Å². The first-order valence-corrected chi connectivity index (χ1v) is 7.26. The second kappa shape index (κ2) is 7.41. The number of nitrogens with zero attached hydrogens (tertiary/aromatic N) is 1. The van der Waals surface area contributed by atoms with Crippen molar-refractivity contribution < 1.29 is 14.6 Å². The van der Waals surface area contributed by atoms with Crippen LogP contribution in [0.5, 0.6) is 5.75 Å². The molecule has 1 saturated heterocycles. The molecule has 4 nitrogen and oxygen atoms in total. The van der Waals surface area contributed by atoms with Crippen molar-refractivity contribution in [1.82, 2.24) is 4.90 Å². The summed E-state index contributed by atoms with van der Waals surface area (Å²) in [6.45, 7) is 1.67. The fraction of sp³-hybridized carbons (Fsp3) is 0.562. The first-order valence-electron chi connectivity index (χ1n) is 7.26. The molecule has 1 N–H and O–H groups in total. The van der Waals surface area contributed by atoms with Crippen molar-refractivity contribution >= 4 is 5.78 Å². The molecule has 1 aromatic rings. The molecule has 0 aliphatic carbocycles. The molecule has 1 aliphatic rings. The molecule has 0 amide bonds. The smallest absolute Gasteiger partial charge is 0.176 e. The maximum absolute atomic E-state index is 12.3. The minimum Gasteiger partial charge on any atom is -0.497 e. The largest absolute Gasteiger partial charge is 0.497 e. The van der Waals surface area contributed by atoms with E-state index in [4.69, 9.17) is 9.84 Å². The molecule has 20 heavy (non-hydrogen) atoms. The Hall–Kier alpha value is -1.39. The van der Waals surface area contributed by atoms with E-state index < -0.39 is 0 Å². The third-order valence-corrected chi connectivity index (χ3v) is 3.93. The van der Waals surface area contributed by atoms with Gasteiger partial charge in [-0.1, -0.05) is 12.1 Å². The number of rotatable bonds is 7. The average Bonchev–Trinajstić information content (AvgIpc) is 2.92. The number of ether oxygens (including phenoxy) is 1. The lowest BCUT2D eigenvalue weighted by Crippen LogP contribution is -2.34. The zero-order chi connectivity index (χ0) is 14.4. The Morgan fingerprint density at radius 1 is 1.50 bits per heavy atom. The molecule has 0 saturated carbocycles. The van der Waals surface area contributed by atoms with Crippen molar-refractivity contribution in [3.05, 3.63) is 29.8 Å². The van der Waals surface area contributed by atoms with Gasteiger partial charge in [0, 0.05) is 18.2 Å². The molecule has 0 radical (unpaired) electrons. The Kier molecular flexibility index (Phi) is 5.56. The van der Waals surface area contributed by atoms with Crippen LogP contribution in [-0.2, 0) is 0 Å². The van der Waals surface area contributed by atoms with E-state index in [2.05, 4.69) is 4.90 Å². The monoisotopic (exact) mass is 277 g/mol. The molecule has 1 fully saturated rings. The van der Waals surface area contributed by atoms with Crippen LogP contribution >= 0.6 is 0 Å². The fourth-order valence-electron chi connectivity index (χ4n) is 2.83. The van der Waals surface area contributed by atoms with Crippen molar-refractivity contribution in [3.8, 4) is 5.75 Å². The second-order valence-corrected chi connectivity index (χ2v) is 5.29. The topological polar surface area (TPSA) is 49.8 Å². The lowest BCUT2D eigenvalue weighted by molar-refractivity contribution is 0.0915. The van der Waals surface area contributed by atoms with Crippen molar-refractivity contribution in [3.63, 3.8) is 0 Å². The maximum atomic E-state index is 12.3. The lowest BCUT2D eigenvalue weighted by atomic mass is 10.1. The van der Waals surface area contributed by atoms with Crippen LogP contribution in [0.25, 0.3) is 0 Å². The SMILES string of the molecule is COc1cccc(C(=O)CN2CCCC2CCCO)c1. The number of likely N-dealkylation sites (tertiary alicyclic amines) is 1. The first kappa shape index (κ1) is 15.0. The van der Waals surface area contributed by atoms with Gasteiger partial charge in [0.05, 0.1) is 13.7 Å². The van der Waals surface area contributed by atoms with Crippen molar-refractivity contribution in [2.24, 2.45) is 0 Å². The molecule has 0 bridgehead atoms. The minimum absolute atomic E-state index is 0.139. The van der Waals surface area contributed by atoms with E-state index in [1.807, 2.05) is 18.2 Å². The molecule has 1 unspecified atom stereocenters. The lowest BCUT2D eigenvalue weighted by Gasteiger charge is -2.23. The summed E-state index contributed by atoms with van der Waals surface area (Å²) in [5.41, 5.74) is 0.706. The number of ketones is 1. The molecule has 1 aliphatic heterocycles. The molecule has 0 spiro atoms. The summed E-state index contributed by atoms with van der Waals surface area (Å²) in [6.07, 6.45) is 4.06. The Balaban J connectivity index is 1.96. The molecular formula is C16H23NO3. The van der Waals surface area contributed by atoms with Crippen LogP contribution in [0.15, 0.2) is 24.3 Å². The minimum atomic E-state index is 0.139. The van der Waals surface area contributed by atoms with Crippen LogP contribution < -0.4 is 4.74 Å². The molecular weight excluding hydrogens is 254 g/mol. The highest BCUT2D eigenvalue weighted by Gasteiger charge is 2.25. The second-order valence-electron chi connectivity index (χ2n) is 5.29. The van der Waals surface area contributed by atoms with Gasteiger partial charge in [-0.2, -0.15) is 0 Å². The van der Waals surface area contributed by atoms with E-state index in [-0.39, 0.29) is 12.4 Å². The van der Waals surface area contributed by atoms with Crippen molar-refractivity contribution in [2.75, 3.05) is 26.8 Å². The van der Waals surface area contributed by atoms with Crippen molar-refractivity contribution in [2.45, 2.75) is 31.7 Å². The molecule has 4 heteroatoms. The number of Topliss-reactive ketones (excluding diaryl/α,β-unsaturated/α-hetero) is 1. The summed E-state index contributed by atoms with van der Waals surface area (Å²) >= 11 is 0. The van der Waals surface area contributed by atoms with Crippen LogP contribution in [0.4, 0.5) is 0 Å². The van der Waals surface area contributed by atoms with Gasteiger partial charge in [-0.25, -0.2) is 0 Å². The van der Waals surface area contributed by atoms with Gasteiger partial charge in [0.25, 0.3) is 0 Å². The Morgan fingerprint density at radius 2 is 2.35 bits per heavy atom. The molecule has 1 aromatic carbocycles. The van der Waals surface area contributed by atoms with Crippen LogP contribution in [0.3, 0.4) is 0 Å². The summed E-state index contributed by atoms with van der Waals surface area (Å²) < 4.78 is 5.16. The summed E-state index contributed by atoms with van der Waals surface area (Å²) in [5, 5.41) is 8.93. The van der Waals surface area contributed by atoms with Crippen LogP contribution in [0.1, 0.15) is 36.0 Å². The highest BCUT2D eigenvalue weighted by Crippen LogP contribution is 2.22. The Bertz CT molecular complexity index is 447. The van der Waals surface area contributed by atoms with Gasteiger partial charge in [-0.05, 0) is 44.4 Å². The quantitative estimate of drug-likeness (QED) is 0.776. The average molecular weight is 277 g/mol. The highest BCUT2D eigenvalue weighted by atomic mass is 16.5. The van der Waals surface area contributed by atoms with E-state index in [9.17, 15) is 4.79 Å². The number of aliphatic hydroxyl groups excluding tert-OH is 1. The Morgan fingerprint density at radius 3 is 3.10 bits per heavy atom. The molecule has 1 heterocycles. The predicted octanol–water partition coefficient (Wildman–Crippen LogP) is 2.11. The number of hydrogen-bond donors (Lipinski definition) is 1. The normalized spacial score (nSPS) is 19.2. The number of carbonyl (C=O) groups is 1. The molecule has 2 rings (SSSR count). The molecule has 1 atom stereocenters. The number of methoxy groups -OCH3 is 1. The predicted molar refractivity (Wildman–Crippen MR) is 78.2 cm³/mol. The number of hydrogen-bond acceptors (Lipinski definition) is 4. The summed E-state index contributed by atoms with van der Waals surface area (Å²) in [4.78, 5) is 14.6. The van der Waals surface area contributed by atoms with Gasteiger partial charge in [-0.3, -0.25) is 9.69 Å². The summed E-state index contributed by atoms with van der Waals surface area (Å²) in [7, 11) is 1.61. The standard InChI is InChI=1S/C16H23NO3/c1-20-15-8-2-5-13(11-15)16(19)12-17-9-3-6-14(17)7-4-10-18/h2,5,8,11,14,18H,3-4,6-7,9-10,12H2,1H3. The van der Waals surface area contributed by atoms with Gasteiger partial charge in [0.2, 0.25) is 0 Å². The highest BCUT2D eigenvalue weighted by molar-refractivity contribution is 5.98. The van der Waals surface area contributed by atoms with Crippen LogP contribution in [-0.4, -0.2) is 48.6 Å². The number of carbonyl (C=O) groups excluding carboxylic acids is 1.